The summed E-state index contributed by atoms with van der Waals surface area (Å²) in [5.74, 6) is 0.355. The second kappa shape index (κ2) is 5.44. The van der Waals surface area contributed by atoms with Crippen molar-refractivity contribution in [2.24, 2.45) is 0 Å². The minimum absolute atomic E-state index is 0.279. The molecular weight excluding hydrogens is 311 g/mol. The van der Waals surface area contributed by atoms with Gasteiger partial charge in [-0.25, -0.2) is 8.42 Å². The summed E-state index contributed by atoms with van der Waals surface area (Å²) in [5.41, 5.74) is 0.559. The van der Waals surface area contributed by atoms with Crippen molar-refractivity contribution in [1.82, 2.24) is 19.7 Å². The Hall–Kier alpha value is -1.18. The Labute approximate surface area is 119 Å². The summed E-state index contributed by atoms with van der Waals surface area (Å²) in [6, 6.07) is 1.64. The van der Waals surface area contributed by atoms with Crippen molar-refractivity contribution in [1.29, 1.82) is 0 Å². The molecule has 0 N–H and O–H groups in total. The first kappa shape index (κ1) is 14.2. The molecular formula is C10H10Cl2N4O2S. The summed E-state index contributed by atoms with van der Waals surface area (Å²) < 4.78 is 24.3. The zero-order chi connectivity index (χ0) is 14.0. The molecule has 0 bridgehead atoms. The summed E-state index contributed by atoms with van der Waals surface area (Å²) in [7, 11) is 1.39. The Kier molecular flexibility index (Phi) is 4.07. The third kappa shape index (κ3) is 2.88. The number of hydrogen-bond donors (Lipinski definition) is 0. The number of aromatic nitrogens is 4. The fourth-order valence-corrected chi connectivity index (χ4v) is 2.78. The lowest BCUT2D eigenvalue weighted by molar-refractivity contribution is 0.570. The van der Waals surface area contributed by atoms with Gasteiger partial charge in [0.05, 0.1) is 5.02 Å². The van der Waals surface area contributed by atoms with Crippen molar-refractivity contribution in [3.63, 3.8) is 0 Å². The first-order chi connectivity index (χ1) is 8.95. The van der Waals surface area contributed by atoms with Crippen LogP contribution in [0.4, 0.5) is 0 Å². The van der Waals surface area contributed by atoms with Crippen LogP contribution in [0.25, 0.3) is 11.4 Å². The maximum absolute atomic E-state index is 11.5. The third-order valence-electron chi connectivity index (χ3n) is 2.40. The first-order valence-corrected chi connectivity index (χ1v) is 8.11. The van der Waals surface area contributed by atoms with Gasteiger partial charge in [0.25, 0.3) is 14.2 Å². The van der Waals surface area contributed by atoms with E-state index in [-0.39, 0.29) is 5.16 Å². The molecule has 2 aromatic rings. The van der Waals surface area contributed by atoms with E-state index in [2.05, 4.69) is 15.2 Å². The summed E-state index contributed by atoms with van der Waals surface area (Å²) in [6.07, 6.45) is 3.70. The van der Waals surface area contributed by atoms with E-state index in [1.165, 1.54) is 10.8 Å². The lowest BCUT2D eigenvalue weighted by Gasteiger charge is -2.08. The van der Waals surface area contributed by atoms with Gasteiger partial charge in [-0.2, -0.15) is 0 Å². The Morgan fingerprint density at radius 2 is 2.11 bits per heavy atom. The monoisotopic (exact) mass is 320 g/mol. The average Bonchev–Trinajstić information content (AvgIpc) is 2.74. The van der Waals surface area contributed by atoms with Crippen LogP contribution in [0.15, 0.2) is 23.6 Å². The van der Waals surface area contributed by atoms with Crippen LogP contribution in [0.5, 0.6) is 0 Å². The minimum Gasteiger partial charge on any atom is -0.297 e. The molecule has 102 valence electrons. The van der Waals surface area contributed by atoms with E-state index in [0.717, 1.165) is 0 Å². The van der Waals surface area contributed by atoms with E-state index in [0.29, 0.717) is 29.4 Å². The van der Waals surface area contributed by atoms with Gasteiger partial charge in [-0.05, 0) is 12.5 Å². The summed E-state index contributed by atoms with van der Waals surface area (Å²) in [6.45, 7) is 2.32. The van der Waals surface area contributed by atoms with Crippen LogP contribution in [0.2, 0.25) is 5.02 Å². The van der Waals surface area contributed by atoms with Crippen molar-refractivity contribution in [2.45, 2.75) is 25.0 Å². The molecule has 0 aliphatic rings. The summed E-state index contributed by atoms with van der Waals surface area (Å²) in [4.78, 5) is 3.87. The zero-order valence-corrected chi connectivity index (χ0v) is 12.2. The van der Waals surface area contributed by atoms with Crippen LogP contribution in [0, 0.1) is 0 Å². The maximum atomic E-state index is 11.5. The molecule has 0 spiro atoms. The molecule has 2 aromatic heterocycles. The summed E-state index contributed by atoms with van der Waals surface area (Å²) >= 11 is 6.03. The van der Waals surface area contributed by atoms with Gasteiger partial charge in [0.2, 0.25) is 0 Å². The van der Waals surface area contributed by atoms with E-state index in [1.807, 2.05) is 6.92 Å². The third-order valence-corrected chi connectivity index (χ3v) is 3.85. The van der Waals surface area contributed by atoms with Crippen LogP contribution in [0.1, 0.15) is 13.3 Å². The van der Waals surface area contributed by atoms with Gasteiger partial charge in [0, 0.05) is 35.2 Å². The van der Waals surface area contributed by atoms with Crippen molar-refractivity contribution >= 4 is 31.3 Å². The van der Waals surface area contributed by atoms with Gasteiger partial charge in [-0.15, -0.1) is 10.2 Å². The van der Waals surface area contributed by atoms with E-state index in [9.17, 15) is 8.42 Å². The van der Waals surface area contributed by atoms with Crippen LogP contribution < -0.4 is 0 Å². The largest absolute Gasteiger partial charge is 0.297 e. The highest BCUT2D eigenvalue weighted by Gasteiger charge is 2.23. The highest BCUT2D eigenvalue weighted by atomic mass is 35.7. The van der Waals surface area contributed by atoms with Gasteiger partial charge in [-0.3, -0.25) is 9.55 Å². The Morgan fingerprint density at radius 1 is 1.37 bits per heavy atom. The normalized spacial score (nSPS) is 11.7. The fourth-order valence-electron chi connectivity index (χ4n) is 1.65. The van der Waals surface area contributed by atoms with Crippen LogP contribution in [0.3, 0.4) is 0 Å². The topological polar surface area (TPSA) is 77.7 Å². The smallest absolute Gasteiger partial charge is 0.296 e. The predicted octanol–water partition coefficient (Wildman–Crippen LogP) is 2.33. The molecule has 0 amide bonds. The molecule has 0 aliphatic heterocycles. The van der Waals surface area contributed by atoms with E-state index in [4.69, 9.17) is 22.3 Å². The molecule has 0 aliphatic carbocycles. The standard InChI is InChI=1S/C10H10Cl2N4O2S/c1-2-5-16-9(7-3-4-13-6-8(7)11)14-15-10(16)19(12,17)18/h3-4,6H,2,5H2,1H3. The van der Waals surface area contributed by atoms with Gasteiger partial charge in [-0.1, -0.05) is 18.5 Å². The molecule has 9 heteroatoms. The number of rotatable bonds is 4. The van der Waals surface area contributed by atoms with E-state index < -0.39 is 9.05 Å². The molecule has 0 saturated heterocycles. The predicted molar refractivity (Wildman–Crippen MR) is 71.6 cm³/mol. The number of halogens is 2. The number of pyridine rings is 1. The average molecular weight is 321 g/mol. The molecule has 0 saturated carbocycles. The molecule has 19 heavy (non-hydrogen) atoms. The molecule has 6 nitrogen and oxygen atoms in total. The lowest BCUT2D eigenvalue weighted by Crippen LogP contribution is -2.07. The van der Waals surface area contributed by atoms with E-state index >= 15 is 0 Å². The molecule has 0 aromatic carbocycles. The lowest BCUT2D eigenvalue weighted by atomic mass is 10.2. The zero-order valence-electron chi connectivity index (χ0n) is 9.92. The molecule has 2 heterocycles. The van der Waals surface area contributed by atoms with Gasteiger partial charge in [0.15, 0.2) is 5.82 Å². The highest BCUT2D eigenvalue weighted by molar-refractivity contribution is 8.13. The number of hydrogen-bond acceptors (Lipinski definition) is 5. The second-order valence-electron chi connectivity index (χ2n) is 3.75. The summed E-state index contributed by atoms with van der Waals surface area (Å²) in [5, 5.41) is 7.59. The van der Waals surface area contributed by atoms with Gasteiger partial charge >= 0.3 is 0 Å². The van der Waals surface area contributed by atoms with E-state index in [1.54, 1.807) is 12.3 Å². The van der Waals surface area contributed by atoms with Gasteiger partial charge in [0.1, 0.15) is 0 Å². The first-order valence-electron chi connectivity index (χ1n) is 5.43. The minimum atomic E-state index is -3.95. The van der Waals surface area contributed by atoms with Gasteiger partial charge < -0.3 is 0 Å². The Morgan fingerprint density at radius 3 is 2.68 bits per heavy atom. The van der Waals surface area contributed by atoms with Crippen LogP contribution in [-0.4, -0.2) is 28.2 Å². The van der Waals surface area contributed by atoms with Crippen molar-refractivity contribution in [3.05, 3.63) is 23.5 Å². The maximum Gasteiger partial charge on any atom is 0.296 e. The highest BCUT2D eigenvalue weighted by Crippen LogP contribution is 2.27. The van der Waals surface area contributed by atoms with Crippen LogP contribution in [-0.2, 0) is 15.6 Å². The SMILES string of the molecule is CCCn1c(-c2ccncc2Cl)nnc1S(=O)(=O)Cl. The number of nitrogens with zero attached hydrogens (tertiary/aromatic N) is 4. The quantitative estimate of drug-likeness (QED) is 0.808. The molecule has 0 unspecified atom stereocenters. The molecule has 0 radical (unpaired) electrons. The molecule has 0 fully saturated rings. The molecule has 0 atom stereocenters. The second-order valence-corrected chi connectivity index (χ2v) is 6.62. The van der Waals surface area contributed by atoms with Crippen molar-refractivity contribution < 1.29 is 8.42 Å². The molecule has 2 rings (SSSR count). The van der Waals surface area contributed by atoms with Crippen molar-refractivity contribution in [2.75, 3.05) is 0 Å². The van der Waals surface area contributed by atoms with Crippen LogP contribution >= 0.6 is 22.3 Å². The Bertz CT molecular complexity index is 699. The Balaban J connectivity index is 2.66. The fraction of sp³-hybridized carbons (Fsp3) is 0.300. The van der Waals surface area contributed by atoms with Crippen molar-refractivity contribution in [3.8, 4) is 11.4 Å².